The molecule has 5 aliphatic carbocycles. The van der Waals surface area contributed by atoms with Crippen molar-refractivity contribution in [3.8, 4) is 0 Å². The van der Waals surface area contributed by atoms with Crippen LogP contribution in [0.1, 0.15) is 127 Å². The Kier molecular flexibility index (Phi) is 14.1. The van der Waals surface area contributed by atoms with Gasteiger partial charge in [-0.3, -0.25) is 4.79 Å². The molecule has 68 heavy (non-hydrogen) atoms. The molecule has 0 bridgehead atoms. The highest BCUT2D eigenvalue weighted by Gasteiger charge is 2.69. The van der Waals surface area contributed by atoms with Crippen LogP contribution in [0.5, 0.6) is 0 Å². The van der Waals surface area contributed by atoms with Crippen molar-refractivity contribution < 1.29 is 88.7 Å². The fourth-order valence-corrected chi connectivity index (χ4v) is 15.4. The van der Waals surface area contributed by atoms with Gasteiger partial charge >= 0.3 is 11.9 Å². The largest absolute Gasteiger partial charge is 0.479 e. The minimum Gasteiger partial charge on any atom is -0.479 e. The van der Waals surface area contributed by atoms with Crippen LogP contribution in [-0.2, 0) is 42.7 Å². The predicted molar refractivity (Wildman–Crippen MR) is 239 cm³/mol. The number of ether oxygens (including phenoxy) is 7. The predicted octanol–water partition coefficient (Wildman–Crippen LogP) is 2.30. The van der Waals surface area contributed by atoms with E-state index in [-0.39, 0.29) is 51.0 Å². The van der Waals surface area contributed by atoms with E-state index in [4.69, 9.17) is 33.2 Å². The number of carboxylic acid groups (broad SMARTS) is 1. The highest BCUT2D eigenvalue weighted by Crippen LogP contribution is 2.76. The Balaban J connectivity index is 1.06. The molecule has 0 aromatic carbocycles. The third-order valence-electron chi connectivity index (χ3n) is 19.6. The molecule has 8 rings (SSSR count). The van der Waals surface area contributed by atoms with Gasteiger partial charge in [0.05, 0.1) is 18.8 Å². The Morgan fingerprint density at radius 2 is 1.29 bits per heavy atom. The van der Waals surface area contributed by atoms with E-state index >= 15 is 0 Å². The molecular weight excluding hydrogens is 889 g/mol. The molecule has 18 nitrogen and oxygen atoms in total. The Morgan fingerprint density at radius 1 is 0.662 bits per heavy atom. The van der Waals surface area contributed by atoms with E-state index in [1.54, 1.807) is 0 Å². The summed E-state index contributed by atoms with van der Waals surface area (Å²) < 4.78 is 42.6. The van der Waals surface area contributed by atoms with Gasteiger partial charge in [0.25, 0.3) is 0 Å². The maximum atomic E-state index is 12.5. The van der Waals surface area contributed by atoms with Crippen LogP contribution in [0, 0.1) is 50.2 Å². The lowest BCUT2D eigenvalue weighted by Crippen LogP contribution is -2.68. The summed E-state index contributed by atoms with van der Waals surface area (Å²) in [5.74, 6) is -1.04. The highest BCUT2D eigenvalue weighted by molar-refractivity contribution is 5.73. The Morgan fingerprint density at radius 3 is 1.93 bits per heavy atom. The molecule has 0 unspecified atom stereocenters. The van der Waals surface area contributed by atoms with Crippen molar-refractivity contribution in [2.75, 3.05) is 6.61 Å². The Hall–Kier alpha value is -1.88. The molecule has 4 saturated carbocycles. The van der Waals surface area contributed by atoms with Gasteiger partial charge in [0.15, 0.2) is 25.0 Å². The first-order valence-electron chi connectivity index (χ1n) is 25.0. The lowest BCUT2D eigenvalue weighted by molar-refractivity contribution is -0.395. The number of carbonyl (C=O) groups is 2. The minimum atomic E-state index is -2.03. The van der Waals surface area contributed by atoms with Gasteiger partial charge in [-0.1, -0.05) is 67.0 Å². The molecule has 0 aromatic heterocycles. The molecule has 0 radical (unpaired) electrons. The lowest BCUT2D eigenvalue weighted by Gasteiger charge is -2.71. The van der Waals surface area contributed by atoms with E-state index in [1.807, 2.05) is 0 Å². The third kappa shape index (κ3) is 8.33. The van der Waals surface area contributed by atoms with Gasteiger partial charge in [-0.05, 0) is 110 Å². The molecule has 8 aliphatic rings. The van der Waals surface area contributed by atoms with Gasteiger partial charge in [-0.2, -0.15) is 0 Å². The second-order valence-electron chi connectivity index (χ2n) is 24.3. The molecule has 18 heteroatoms. The summed E-state index contributed by atoms with van der Waals surface area (Å²) in [7, 11) is 0. The number of carboxylic acids is 1. The number of aliphatic hydroxyl groups is 8. The minimum absolute atomic E-state index is 0.00444. The summed E-state index contributed by atoms with van der Waals surface area (Å²) in [6, 6.07) is 0. The van der Waals surface area contributed by atoms with Crippen LogP contribution < -0.4 is 0 Å². The normalized spacial score (nSPS) is 53.1. The summed E-state index contributed by atoms with van der Waals surface area (Å²) in [5.41, 5.74) is 0.574. The van der Waals surface area contributed by atoms with E-state index in [0.29, 0.717) is 12.3 Å². The summed E-state index contributed by atoms with van der Waals surface area (Å²) in [6.07, 6.45) is -16.0. The van der Waals surface area contributed by atoms with Crippen LogP contribution in [-0.4, -0.2) is 169 Å². The number of hydrogen-bond donors (Lipinski definition) is 9. The number of aliphatic carboxylic acids is 1. The second kappa shape index (κ2) is 18.3. The number of allylic oxidation sites excluding steroid dienone is 2. The van der Waals surface area contributed by atoms with Crippen LogP contribution in [0.2, 0.25) is 0 Å². The van der Waals surface area contributed by atoms with Gasteiger partial charge in [-0.25, -0.2) is 4.79 Å². The summed E-state index contributed by atoms with van der Waals surface area (Å²) in [4.78, 5) is 24.9. The number of esters is 1. The third-order valence-corrected chi connectivity index (χ3v) is 19.6. The Bertz CT molecular complexity index is 1910. The van der Waals surface area contributed by atoms with Crippen molar-refractivity contribution in [1.82, 2.24) is 0 Å². The standard InChI is InChI=1S/C50H80O18/c1-22-31(53)33(55)37(59)42(62-22)67-39-34(56)32(54)26(21-51)64-43(39)68-40-36(58)35(57)38(41(60)61)66-44(40)65-29-14-15-48(8)27(46(29,5)6)13-16-50(10)28(48)12-11-24-25-19-45(3,4)20-30(63-23(2)52)47(25,7)17-18-49(24,50)9/h11,22,25-40,42-44,51,53-59H,12-21H2,1-10H3,(H,60,61)/t22-,25-,26+,27-,28+,29-,30+,31-,32-,33+,34-,35-,36-,37+,38-,39+,40+,42-,43-,44+,47+,48-,49+,50+/m0/s1. The summed E-state index contributed by atoms with van der Waals surface area (Å²) in [5, 5.41) is 96.8. The van der Waals surface area contributed by atoms with Crippen LogP contribution in [0.25, 0.3) is 0 Å². The molecule has 0 aromatic rings. The van der Waals surface area contributed by atoms with E-state index in [9.17, 15) is 55.5 Å². The first kappa shape index (κ1) is 52.4. The maximum absolute atomic E-state index is 12.5. The summed E-state index contributed by atoms with van der Waals surface area (Å²) in [6.45, 7) is 20.8. The number of aliphatic hydroxyl groups excluding tert-OH is 8. The molecule has 0 spiro atoms. The molecule has 388 valence electrons. The van der Waals surface area contributed by atoms with E-state index in [1.165, 1.54) is 19.4 Å². The van der Waals surface area contributed by atoms with E-state index < -0.39 is 116 Å². The molecule has 0 amide bonds. The fourth-order valence-electron chi connectivity index (χ4n) is 15.4. The van der Waals surface area contributed by atoms with Crippen LogP contribution in [0.4, 0.5) is 0 Å². The van der Waals surface area contributed by atoms with Gasteiger partial charge in [0.1, 0.15) is 67.1 Å². The molecule has 3 saturated heterocycles. The zero-order valence-corrected chi connectivity index (χ0v) is 41.4. The molecule has 9 N–H and O–H groups in total. The van der Waals surface area contributed by atoms with Crippen molar-refractivity contribution in [3.63, 3.8) is 0 Å². The number of hydrogen-bond acceptors (Lipinski definition) is 17. The van der Waals surface area contributed by atoms with Gasteiger partial charge in [0, 0.05) is 12.3 Å². The smallest absolute Gasteiger partial charge is 0.335 e. The van der Waals surface area contributed by atoms with Crippen molar-refractivity contribution in [3.05, 3.63) is 11.6 Å². The fraction of sp³-hybridized carbons (Fsp3) is 0.920. The molecule has 7 fully saturated rings. The average molecular weight is 969 g/mol. The van der Waals surface area contributed by atoms with Crippen molar-refractivity contribution >= 4 is 11.9 Å². The topological polar surface area (TPSA) is 281 Å². The summed E-state index contributed by atoms with van der Waals surface area (Å²) >= 11 is 0. The van der Waals surface area contributed by atoms with Crippen molar-refractivity contribution in [2.45, 2.75) is 231 Å². The second-order valence-corrected chi connectivity index (χ2v) is 24.3. The van der Waals surface area contributed by atoms with Gasteiger partial charge in [-0.15, -0.1) is 0 Å². The zero-order valence-electron chi connectivity index (χ0n) is 41.4. The quantitative estimate of drug-likeness (QED) is 0.0911. The molecular formula is C50H80O18. The monoisotopic (exact) mass is 969 g/mol. The van der Waals surface area contributed by atoms with Crippen molar-refractivity contribution in [1.29, 1.82) is 0 Å². The SMILES string of the molecule is CC(=O)O[C@@H]1CC(C)(C)C[C@H]2C3=CC[C@@H]4[C@@]5(C)CC[C@H](O[C@@H]6O[C@H](C(=O)O)[C@@H](O)[C@H](O)[C@H]6O[C@@H]6O[C@H](CO)[C@H](O)[C@H](O)[C@H]6O[C@@H]6O[C@@H](C)[C@H](O)[C@@H](O)[C@H]6O)C(C)(C)[C@@H]5CC[C@@]4(C)[C@]3(C)CC[C@@]12C. The Labute approximate surface area is 399 Å². The zero-order chi connectivity index (χ0) is 50.0. The molecule has 3 heterocycles. The molecule has 24 atom stereocenters. The number of fused-ring (bicyclic) bond motifs is 7. The van der Waals surface area contributed by atoms with Crippen LogP contribution >= 0.6 is 0 Å². The average Bonchev–Trinajstić information content (AvgIpc) is 3.25. The first-order chi connectivity index (χ1) is 31.6. The maximum Gasteiger partial charge on any atom is 0.335 e. The van der Waals surface area contributed by atoms with Crippen molar-refractivity contribution in [2.24, 2.45) is 50.2 Å². The van der Waals surface area contributed by atoms with Gasteiger partial charge < -0.3 is 79.1 Å². The number of rotatable bonds is 9. The number of carbonyl (C=O) groups excluding carboxylic acids is 1. The first-order valence-corrected chi connectivity index (χ1v) is 25.0. The van der Waals surface area contributed by atoms with E-state index in [2.05, 4.69) is 61.5 Å². The van der Waals surface area contributed by atoms with Crippen LogP contribution in [0.15, 0.2) is 11.6 Å². The molecule has 3 aliphatic heterocycles. The highest BCUT2D eigenvalue weighted by atomic mass is 16.8. The van der Waals surface area contributed by atoms with Gasteiger partial charge in [0.2, 0.25) is 0 Å². The van der Waals surface area contributed by atoms with E-state index in [0.717, 1.165) is 51.4 Å². The lowest BCUT2D eigenvalue weighted by atomic mass is 9.33. The van der Waals surface area contributed by atoms with Crippen LogP contribution in [0.3, 0.4) is 0 Å².